The Morgan fingerprint density at radius 1 is 1.03 bits per heavy atom. The zero-order chi connectivity index (χ0) is 22.0. The molecule has 1 fully saturated rings. The summed E-state index contributed by atoms with van der Waals surface area (Å²) in [6.45, 7) is 4.04. The summed E-state index contributed by atoms with van der Waals surface area (Å²) >= 11 is 0. The summed E-state index contributed by atoms with van der Waals surface area (Å²) in [7, 11) is 0. The molecule has 1 aliphatic carbocycles. The van der Waals surface area contributed by atoms with Crippen molar-refractivity contribution in [1.82, 2.24) is 4.57 Å². The Labute approximate surface area is 200 Å². The average molecular weight is 496 g/mol. The van der Waals surface area contributed by atoms with Gasteiger partial charge >= 0.3 is 0 Å². The van der Waals surface area contributed by atoms with Gasteiger partial charge in [0.25, 0.3) is 5.82 Å². The third kappa shape index (κ3) is 4.16. The molecule has 2 atom stereocenters. The highest BCUT2D eigenvalue weighted by Crippen LogP contribution is 2.49. The summed E-state index contributed by atoms with van der Waals surface area (Å²) in [5.41, 5.74) is 7.24. The number of nitrogens with zero attached hydrogens (tertiary/aromatic N) is 2. The first kappa shape index (κ1) is 23.9. The number of rotatable bonds is 7. The van der Waals surface area contributed by atoms with Gasteiger partial charge in [-0.25, -0.2) is 9.13 Å². The fourth-order valence-corrected chi connectivity index (χ4v) is 5.44. The molecular formula is C26H30BrN3O2. The predicted molar refractivity (Wildman–Crippen MR) is 119 cm³/mol. The van der Waals surface area contributed by atoms with Crippen LogP contribution in [0.3, 0.4) is 0 Å². The van der Waals surface area contributed by atoms with Crippen molar-refractivity contribution in [2.45, 2.75) is 51.1 Å². The number of nitrogens with two attached hydrogens (primary N) is 1. The first-order valence-corrected chi connectivity index (χ1v) is 10.9. The minimum absolute atomic E-state index is 0. The molecule has 5 nitrogen and oxygen atoms in total. The van der Waals surface area contributed by atoms with Crippen LogP contribution in [0.2, 0.25) is 0 Å². The van der Waals surface area contributed by atoms with Gasteiger partial charge in [-0.1, -0.05) is 60.7 Å². The van der Waals surface area contributed by atoms with Crippen LogP contribution in [0.4, 0.5) is 0 Å². The van der Waals surface area contributed by atoms with Crippen molar-refractivity contribution in [1.29, 1.82) is 0 Å². The van der Waals surface area contributed by atoms with Crippen molar-refractivity contribution in [3.8, 4) is 0 Å². The number of ketones is 1. The molecule has 1 heterocycles. The number of benzene rings is 2. The third-order valence-electron chi connectivity index (χ3n) is 6.85. The molecule has 0 aliphatic heterocycles. The van der Waals surface area contributed by atoms with Gasteiger partial charge in [0, 0.05) is 6.92 Å². The molecule has 32 heavy (non-hydrogen) atoms. The number of carbonyl (C=O) groups excluding carboxylic acids is 2. The molecule has 0 radical (unpaired) electrons. The molecule has 0 bridgehead atoms. The van der Waals surface area contributed by atoms with Crippen LogP contribution in [0.25, 0.3) is 0 Å². The smallest absolute Gasteiger partial charge is 0.253 e. The van der Waals surface area contributed by atoms with E-state index in [1.165, 1.54) is 0 Å². The SMILES string of the molecule is CC(=O)C[n+]1ccn([C@@H]2CC[C@@H](C(C(N)=O)(c3ccccc3)c3ccccc3)C2)c1C.[Br-]. The van der Waals surface area contributed by atoms with Crippen molar-refractivity contribution >= 4 is 11.7 Å². The Bertz CT molecular complexity index is 1040. The minimum Gasteiger partial charge on any atom is -1.00 e. The molecule has 2 N–H and O–H groups in total. The van der Waals surface area contributed by atoms with E-state index in [9.17, 15) is 9.59 Å². The molecule has 1 aliphatic rings. The van der Waals surface area contributed by atoms with Crippen molar-refractivity contribution in [3.63, 3.8) is 0 Å². The number of hydrogen-bond donors (Lipinski definition) is 1. The van der Waals surface area contributed by atoms with Gasteiger partial charge in [-0.3, -0.25) is 9.59 Å². The summed E-state index contributed by atoms with van der Waals surface area (Å²) in [5, 5.41) is 0. The quantitative estimate of drug-likeness (QED) is 0.484. The Morgan fingerprint density at radius 3 is 2.09 bits per heavy atom. The van der Waals surface area contributed by atoms with Crippen LogP contribution in [0, 0.1) is 12.8 Å². The van der Waals surface area contributed by atoms with E-state index >= 15 is 0 Å². The van der Waals surface area contributed by atoms with Crippen LogP contribution < -0.4 is 27.3 Å². The second-order valence-corrected chi connectivity index (χ2v) is 8.65. The van der Waals surface area contributed by atoms with Gasteiger partial charge in [-0.05, 0) is 43.2 Å². The summed E-state index contributed by atoms with van der Waals surface area (Å²) < 4.78 is 4.25. The van der Waals surface area contributed by atoms with E-state index in [0.29, 0.717) is 6.54 Å². The number of halogens is 1. The van der Waals surface area contributed by atoms with E-state index in [-0.39, 0.29) is 40.6 Å². The zero-order valence-corrected chi connectivity index (χ0v) is 20.2. The topological polar surface area (TPSA) is 69.0 Å². The minimum atomic E-state index is -0.867. The molecule has 4 rings (SSSR count). The van der Waals surface area contributed by atoms with Gasteiger partial charge in [0.05, 0.1) is 0 Å². The predicted octanol–water partition coefficient (Wildman–Crippen LogP) is 0.490. The molecule has 2 aromatic carbocycles. The lowest BCUT2D eigenvalue weighted by Crippen LogP contribution is -3.00. The molecule has 6 heteroatoms. The molecule has 0 unspecified atom stereocenters. The Kier molecular flexibility index (Phi) is 7.34. The standard InChI is InChI=1S/C26H29N3O2.BrH/c1-19(30)18-28-15-16-29(20(28)2)24-14-13-23(17-24)26(25(27)31,21-9-5-3-6-10-21)22-11-7-4-8-12-22;/h3-12,15-16,23-24H,13-14,17-18H2,1-2H3,(H-,27,31);1H/t23-,24-;/m1./s1. The van der Waals surface area contributed by atoms with E-state index in [4.69, 9.17) is 5.73 Å². The number of aromatic nitrogens is 2. The zero-order valence-electron chi connectivity index (χ0n) is 18.6. The lowest BCUT2D eigenvalue weighted by molar-refractivity contribution is -0.689. The maximum absolute atomic E-state index is 13.2. The van der Waals surface area contributed by atoms with Crippen LogP contribution in [0.15, 0.2) is 73.1 Å². The lowest BCUT2D eigenvalue weighted by atomic mass is 9.64. The number of amides is 1. The van der Waals surface area contributed by atoms with Crippen molar-refractivity contribution < 1.29 is 31.1 Å². The fraction of sp³-hybridized carbons (Fsp3) is 0.346. The molecule has 168 valence electrons. The van der Waals surface area contributed by atoms with E-state index < -0.39 is 5.41 Å². The Hall–Kier alpha value is -2.73. The van der Waals surface area contributed by atoms with E-state index in [1.807, 2.05) is 78.4 Å². The van der Waals surface area contributed by atoms with Crippen molar-refractivity contribution in [2.75, 3.05) is 0 Å². The number of primary amides is 1. The van der Waals surface area contributed by atoms with Gasteiger partial charge < -0.3 is 22.7 Å². The summed E-state index contributed by atoms with van der Waals surface area (Å²) in [4.78, 5) is 24.8. The maximum Gasteiger partial charge on any atom is 0.253 e. The lowest BCUT2D eigenvalue weighted by Gasteiger charge is -2.37. The van der Waals surface area contributed by atoms with Crippen molar-refractivity contribution in [2.24, 2.45) is 11.7 Å². The third-order valence-corrected chi connectivity index (χ3v) is 6.85. The van der Waals surface area contributed by atoms with Gasteiger partial charge in [0.2, 0.25) is 5.91 Å². The molecule has 1 saturated carbocycles. The van der Waals surface area contributed by atoms with Gasteiger partial charge in [0.15, 0.2) is 5.78 Å². The number of carbonyl (C=O) groups is 2. The van der Waals surface area contributed by atoms with Gasteiger partial charge in [0.1, 0.15) is 30.4 Å². The second kappa shape index (κ2) is 9.82. The first-order chi connectivity index (χ1) is 14.9. The first-order valence-electron chi connectivity index (χ1n) is 10.9. The van der Waals surface area contributed by atoms with Crippen LogP contribution in [0.1, 0.15) is 49.2 Å². The monoisotopic (exact) mass is 495 g/mol. The fourth-order valence-electron chi connectivity index (χ4n) is 5.44. The molecule has 1 aromatic heterocycles. The van der Waals surface area contributed by atoms with E-state index in [2.05, 4.69) is 10.8 Å². The van der Waals surface area contributed by atoms with E-state index in [0.717, 1.165) is 36.2 Å². The molecule has 0 saturated heterocycles. The summed E-state index contributed by atoms with van der Waals surface area (Å²) in [6, 6.07) is 20.2. The Morgan fingerprint density at radius 2 is 1.59 bits per heavy atom. The molecule has 0 spiro atoms. The van der Waals surface area contributed by atoms with Crippen LogP contribution in [-0.4, -0.2) is 16.3 Å². The van der Waals surface area contributed by atoms with Crippen molar-refractivity contribution in [3.05, 3.63) is 90.0 Å². The Balaban J connectivity index is 0.00000289. The number of Topliss-reactive ketones (excluding diaryl/α,β-unsaturated/α-hetero) is 1. The average Bonchev–Trinajstić information content (AvgIpc) is 3.37. The summed E-state index contributed by atoms with van der Waals surface area (Å²) in [6.07, 6.45) is 6.75. The van der Waals surface area contributed by atoms with E-state index in [1.54, 1.807) is 6.92 Å². The summed E-state index contributed by atoms with van der Waals surface area (Å²) in [5.74, 6) is 0.982. The molecular weight excluding hydrogens is 466 g/mol. The molecule has 1 amide bonds. The van der Waals surface area contributed by atoms with Crippen LogP contribution in [0.5, 0.6) is 0 Å². The van der Waals surface area contributed by atoms with Gasteiger partial charge in [-0.2, -0.15) is 0 Å². The van der Waals surface area contributed by atoms with Crippen LogP contribution >= 0.6 is 0 Å². The number of imidazole rings is 1. The van der Waals surface area contributed by atoms with Crippen LogP contribution in [-0.2, 0) is 21.5 Å². The largest absolute Gasteiger partial charge is 1.00 e. The highest BCUT2D eigenvalue weighted by molar-refractivity contribution is 5.91. The maximum atomic E-state index is 13.2. The highest BCUT2D eigenvalue weighted by atomic mass is 79.9. The molecule has 3 aromatic rings. The second-order valence-electron chi connectivity index (χ2n) is 8.65. The normalized spacial score (nSPS) is 18.2. The highest BCUT2D eigenvalue weighted by Gasteiger charge is 2.51. The number of hydrogen-bond acceptors (Lipinski definition) is 2. The van der Waals surface area contributed by atoms with Gasteiger partial charge in [-0.15, -0.1) is 0 Å².